The van der Waals surface area contributed by atoms with Gasteiger partial charge in [-0.05, 0) is 21.4 Å². The van der Waals surface area contributed by atoms with Gasteiger partial charge in [-0.2, -0.15) is 0 Å². The SMILES string of the molecule is COc1c(C(C)(C)C)cccc1[Si](Cl)(c1ccccc1)c1ccccc1. The van der Waals surface area contributed by atoms with E-state index in [1.54, 1.807) is 7.11 Å². The summed E-state index contributed by atoms with van der Waals surface area (Å²) in [6.45, 7) is 6.62. The molecule has 134 valence electrons. The zero-order valence-corrected chi connectivity index (χ0v) is 17.5. The molecule has 3 heteroatoms. The molecule has 0 heterocycles. The first-order valence-corrected chi connectivity index (χ1v) is 11.9. The molecule has 3 aromatic rings. The highest BCUT2D eigenvalue weighted by Crippen LogP contribution is 2.31. The van der Waals surface area contributed by atoms with Gasteiger partial charge in [0.15, 0.2) is 0 Å². The molecular formula is C23H25ClOSi. The van der Waals surface area contributed by atoms with Crippen molar-refractivity contribution < 1.29 is 4.74 Å². The summed E-state index contributed by atoms with van der Waals surface area (Å²) in [6.07, 6.45) is 0. The summed E-state index contributed by atoms with van der Waals surface area (Å²) in [5.41, 5.74) is 1.16. The highest BCUT2D eigenvalue weighted by atomic mass is 35.6. The maximum absolute atomic E-state index is 7.58. The number of para-hydroxylation sites is 1. The number of rotatable bonds is 4. The largest absolute Gasteiger partial charge is 0.497 e. The summed E-state index contributed by atoms with van der Waals surface area (Å²) < 4.78 is 5.94. The molecule has 0 unspecified atom stereocenters. The summed E-state index contributed by atoms with van der Waals surface area (Å²) in [4.78, 5) is 0. The van der Waals surface area contributed by atoms with Crippen molar-refractivity contribution in [2.24, 2.45) is 0 Å². The van der Waals surface area contributed by atoms with Crippen molar-refractivity contribution in [3.63, 3.8) is 0 Å². The van der Waals surface area contributed by atoms with Gasteiger partial charge < -0.3 is 4.74 Å². The maximum Gasteiger partial charge on any atom is 0.251 e. The molecule has 3 aromatic carbocycles. The Balaban J connectivity index is 2.35. The van der Waals surface area contributed by atoms with Crippen molar-refractivity contribution in [1.82, 2.24) is 0 Å². The minimum absolute atomic E-state index is 0.0269. The van der Waals surface area contributed by atoms with Crippen molar-refractivity contribution in [3.05, 3.63) is 84.4 Å². The number of halogens is 1. The molecule has 0 saturated heterocycles. The zero-order valence-electron chi connectivity index (χ0n) is 15.8. The molecule has 0 N–H and O–H groups in total. The van der Waals surface area contributed by atoms with Gasteiger partial charge in [-0.15, -0.1) is 11.1 Å². The van der Waals surface area contributed by atoms with E-state index >= 15 is 0 Å². The van der Waals surface area contributed by atoms with Crippen LogP contribution in [0.25, 0.3) is 0 Å². The van der Waals surface area contributed by atoms with E-state index in [0.717, 1.165) is 21.3 Å². The van der Waals surface area contributed by atoms with Crippen molar-refractivity contribution >= 4 is 34.0 Å². The average Bonchev–Trinajstić information content (AvgIpc) is 2.67. The molecule has 0 bridgehead atoms. The minimum atomic E-state index is -2.71. The Labute approximate surface area is 162 Å². The normalized spacial score (nSPS) is 12.0. The third kappa shape index (κ3) is 3.32. The monoisotopic (exact) mass is 380 g/mol. The fraction of sp³-hybridized carbons (Fsp3) is 0.217. The second-order valence-electron chi connectivity index (χ2n) is 7.53. The van der Waals surface area contributed by atoms with Crippen LogP contribution in [-0.2, 0) is 5.41 Å². The molecule has 26 heavy (non-hydrogen) atoms. The fourth-order valence-corrected chi connectivity index (χ4v) is 7.77. The third-order valence-electron chi connectivity index (χ3n) is 4.74. The van der Waals surface area contributed by atoms with Gasteiger partial charge in [-0.1, -0.05) is 99.6 Å². The van der Waals surface area contributed by atoms with Gasteiger partial charge in [0, 0.05) is 5.19 Å². The van der Waals surface area contributed by atoms with E-state index in [1.807, 2.05) is 12.1 Å². The standard InChI is InChI=1S/C23H25ClOSi/c1-23(2,3)20-16-11-17-21(22(20)25-4)26(24,18-12-7-5-8-13-18)19-14-9-6-10-15-19/h5-17H,1-4H3. The van der Waals surface area contributed by atoms with E-state index in [0.29, 0.717) is 0 Å². The van der Waals surface area contributed by atoms with E-state index in [4.69, 9.17) is 15.8 Å². The Bertz CT molecular complexity index is 830. The van der Waals surface area contributed by atoms with Crippen LogP contribution in [-0.4, -0.2) is 14.5 Å². The van der Waals surface area contributed by atoms with Crippen LogP contribution in [0.1, 0.15) is 26.3 Å². The molecule has 0 aliphatic heterocycles. The Hall–Kier alpha value is -2.03. The smallest absolute Gasteiger partial charge is 0.251 e. The second kappa shape index (κ2) is 7.30. The van der Waals surface area contributed by atoms with E-state index in [1.165, 1.54) is 5.56 Å². The number of hydrogen-bond acceptors (Lipinski definition) is 1. The Kier molecular flexibility index (Phi) is 5.26. The Morgan fingerprint density at radius 3 is 1.65 bits per heavy atom. The highest BCUT2D eigenvalue weighted by Gasteiger charge is 2.41. The molecule has 0 aliphatic carbocycles. The van der Waals surface area contributed by atoms with E-state index in [9.17, 15) is 0 Å². The first-order valence-electron chi connectivity index (χ1n) is 8.87. The van der Waals surface area contributed by atoms with Crippen molar-refractivity contribution in [2.45, 2.75) is 26.2 Å². The molecule has 0 radical (unpaired) electrons. The van der Waals surface area contributed by atoms with Crippen LogP contribution in [0.15, 0.2) is 78.9 Å². The molecular weight excluding hydrogens is 356 g/mol. The lowest BCUT2D eigenvalue weighted by Crippen LogP contribution is -2.63. The minimum Gasteiger partial charge on any atom is -0.497 e. The first kappa shape index (κ1) is 18.7. The molecule has 0 aromatic heterocycles. The molecule has 0 saturated carbocycles. The van der Waals surface area contributed by atoms with Crippen molar-refractivity contribution in [2.75, 3.05) is 7.11 Å². The van der Waals surface area contributed by atoms with Gasteiger partial charge in [0.25, 0.3) is 7.38 Å². The summed E-state index contributed by atoms with van der Waals surface area (Å²) in [7, 11) is -0.960. The van der Waals surface area contributed by atoms with E-state index < -0.39 is 7.38 Å². The zero-order chi connectivity index (χ0) is 18.8. The molecule has 1 nitrogen and oxygen atoms in total. The van der Waals surface area contributed by atoms with Crippen LogP contribution in [0.3, 0.4) is 0 Å². The number of ether oxygens (including phenoxy) is 1. The van der Waals surface area contributed by atoms with Crippen LogP contribution in [0.4, 0.5) is 0 Å². The molecule has 0 spiro atoms. The van der Waals surface area contributed by atoms with Gasteiger partial charge in [-0.25, -0.2) is 0 Å². The van der Waals surface area contributed by atoms with Crippen LogP contribution >= 0.6 is 11.1 Å². The Morgan fingerprint density at radius 2 is 1.23 bits per heavy atom. The predicted molar refractivity (Wildman–Crippen MR) is 115 cm³/mol. The summed E-state index contributed by atoms with van der Waals surface area (Å²) >= 11 is 7.58. The van der Waals surface area contributed by atoms with Gasteiger partial charge in [-0.3, -0.25) is 0 Å². The molecule has 0 aliphatic rings. The lowest BCUT2D eigenvalue weighted by molar-refractivity contribution is 0.401. The van der Waals surface area contributed by atoms with Gasteiger partial charge in [0.2, 0.25) is 0 Å². The van der Waals surface area contributed by atoms with Crippen LogP contribution in [0.5, 0.6) is 5.75 Å². The quantitative estimate of drug-likeness (QED) is 0.374. The third-order valence-corrected chi connectivity index (χ3v) is 10.1. The van der Waals surface area contributed by atoms with E-state index in [2.05, 4.69) is 87.5 Å². The second-order valence-corrected chi connectivity index (χ2v) is 12.2. The molecule has 0 atom stereocenters. The van der Waals surface area contributed by atoms with E-state index in [-0.39, 0.29) is 5.41 Å². The topological polar surface area (TPSA) is 9.23 Å². The Morgan fingerprint density at radius 1 is 0.731 bits per heavy atom. The number of hydrogen-bond donors (Lipinski definition) is 0. The van der Waals surface area contributed by atoms with Gasteiger partial charge in [0.05, 0.1) is 7.11 Å². The molecule has 0 amide bonds. The summed E-state index contributed by atoms with van der Waals surface area (Å²) in [6, 6.07) is 27.2. The van der Waals surface area contributed by atoms with Crippen molar-refractivity contribution in [1.29, 1.82) is 0 Å². The highest BCUT2D eigenvalue weighted by molar-refractivity contribution is 7.40. The first-order chi connectivity index (χ1) is 12.4. The fourth-order valence-electron chi connectivity index (χ4n) is 3.43. The van der Waals surface area contributed by atoms with Crippen LogP contribution in [0.2, 0.25) is 0 Å². The van der Waals surface area contributed by atoms with Crippen LogP contribution < -0.4 is 20.3 Å². The van der Waals surface area contributed by atoms with Gasteiger partial charge >= 0.3 is 0 Å². The molecule has 0 fully saturated rings. The molecule has 3 rings (SSSR count). The maximum atomic E-state index is 7.58. The lowest BCUT2D eigenvalue weighted by atomic mass is 9.86. The summed E-state index contributed by atoms with van der Waals surface area (Å²) in [5.74, 6) is 0.911. The van der Waals surface area contributed by atoms with Gasteiger partial charge in [0.1, 0.15) is 5.75 Å². The lowest BCUT2D eigenvalue weighted by Gasteiger charge is -2.31. The summed E-state index contributed by atoms with van der Waals surface area (Å²) in [5, 5.41) is 3.43. The van der Waals surface area contributed by atoms with Crippen LogP contribution in [0, 0.1) is 0 Å². The average molecular weight is 381 g/mol. The number of methoxy groups -OCH3 is 1. The van der Waals surface area contributed by atoms with Crippen molar-refractivity contribution in [3.8, 4) is 5.75 Å². The predicted octanol–water partition coefficient (Wildman–Crippen LogP) is 4.20. The number of benzene rings is 3.